The summed E-state index contributed by atoms with van der Waals surface area (Å²) in [4.78, 5) is 0. The highest BCUT2D eigenvalue weighted by Gasteiger charge is 2.13. The summed E-state index contributed by atoms with van der Waals surface area (Å²) in [6.45, 7) is 0. The van der Waals surface area contributed by atoms with Gasteiger partial charge in [-0.3, -0.25) is 0 Å². The monoisotopic (exact) mass is 363 g/mol. The van der Waals surface area contributed by atoms with Crippen LogP contribution in [0.2, 0.25) is 0 Å². The van der Waals surface area contributed by atoms with E-state index in [1.807, 2.05) is 6.07 Å². The fraction of sp³-hybridized carbons (Fsp3) is 0.333. The van der Waals surface area contributed by atoms with Crippen molar-refractivity contribution in [2.45, 2.75) is 18.9 Å². The fourth-order valence-corrected chi connectivity index (χ4v) is 2.45. The maximum atomic E-state index is 12.1. The lowest BCUT2D eigenvalue weighted by molar-refractivity contribution is 0.128. The van der Waals surface area contributed by atoms with Crippen LogP contribution in [0.5, 0.6) is 0 Å². The molecule has 1 aromatic rings. The molecule has 2 N–H and O–H groups in total. The van der Waals surface area contributed by atoms with Crippen LogP contribution in [0.3, 0.4) is 0 Å². The number of hydrogen-bond acceptors (Lipinski definition) is 1. The predicted octanol–water partition coefficient (Wildman–Crippen LogP) is 4.29. The number of halogens is 5. The van der Waals surface area contributed by atoms with E-state index in [0.29, 0.717) is 5.56 Å². The van der Waals surface area contributed by atoms with Gasteiger partial charge in [0.25, 0.3) is 0 Å². The van der Waals surface area contributed by atoms with Crippen LogP contribution in [0, 0.1) is 0 Å². The summed E-state index contributed by atoms with van der Waals surface area (Å²) in [6.07, 6.45) is -2.69. The van der Waals surface area contributed by atoms with Crippen molar-refractivity contribution in [3.63, 3.8) is 0 Å². The molecule has 0 aliphatic carbocycles. The first-order valence-electron chi connectivity index (χ1n) is 3.98. The summed E-state index contributed by atoms with van der Waals surface area (Å²) >= 11 is 6.55. The molecule has 0 saturated carbocycles. The number of nitrogens with two attached hydrogens (primary N) is 1. The lowest BCUT2D eigenvalue weighted by Gasteiger charge is -2.12. The first-order valence-corrected chi connectivity index (χ1v) is 5.57. The average Bonchev–Trinajstić information content (AvgIpc) is 2.00. The van der Waals surface area contributed by atoms with Crippen LogP contribution in [-0.2, 0) is 0 Å². The molecule has 0 aliphatic rings. The Hall–Kier alpha value is 0.290. The minimum absolute atomic E-state index is 0. The molecule has 86 valence electrons. The number of rotatable bonds is 3. The standard InChI is InChI=1S/C9H9Br2F2N.ClH/c10-6-1-5(2-7(11)3-6)8(14)4-9(12)13;/h1-3,8-9H,4,14H2;1H/t8-;/m0./s1. The lowest BCUT2D eigenvalue weighted by Crippen LogP contribution is -2.13. The molecule has 1 rings (SSSR count). The van der Waals surface area contributed by atoms with Crippen molar-refractivity contribution < 1.29 is 8.78 Å². The third kappa shape index (κ3) is 5.24. The zero-order valence-electron chi connectivity index (χ0n) is 7.59. The molecular formula is C9H10Br2ClF2N. The van der Waals surface area contributed by atoms with E-state index in [-0.39, 0.29) is 18.8 Å². The zero-order valence-corrected chi connectivity index (χ0v) is 11.6. The second-order valence-electron chi connectivity index (χ2n) is 2.94. The van der Waals surface area contributed by atoms with E-state index in [2.05, 4.69) is 31.9 Å². The molecule has 0 unspecified atom stereocenters. The average molecular weight is 365 g/mol. The summed E-state index contributed by atoms with van der Waals surface area (Å²) in [5, 5.41) is 0. The van der Waals surface area contributed by atoms with Crippen molar-refractivity contribution in [3.05, 3.63) is 32.7 Å². The van der Waals surface area contributed by atoms with E-state index < -0.39 is 12.5 Å². The van der Waals surface area contributed by atoms with Crippen molar-refractivity contribution in [2.24, 2.45) is 5.73 Å². The smallest absolute Gasteiger partial charge is 0.240 e. The fourth-order valence-electron chi connectivity index (χ4n) is 1.12. The highest BCUT2D eigenvalue weighted by molar-refractivity contribution is 9.11. The molecule has 0 aliphatic heterocycles. The third-order valence-electron chi connectivity index (χ3n) is 1.75. The first kappa shape index (κ1) is 15.3. The second kappa shape index (κ2) is 6.78. The number of benzene rings is 1. The van der Waals surface area contributed by atoms with Gasteiger partial charge in [-0.25, -0.2) is 8.78 Å². The Labute approximate surface area is 110 Å². The summed E-state index contributed by atoms with van der Waals surface area (Å²) in [5.41, 5.74) is 6.31. The van der Waals surface area contributed by atoms with Gasteiger partial charge in [0.2, 0.25) is 6.43 Å². The molecule has 0 heterocycles. The molecule has 15 heavy (non-hydrogen) atoms. The van der Waals surface area contributed by atoms with Crippen LogP contribution in [0.25, 0.3) is 0 Å². The van der Waals surface area contributed by atoms with Crippen LogP contribution in [0.15, 0.2) is 27.1 Å². The highest BCUT2D eigenvalue weighted by atomic mass is 79.9. The molecule has 1 atom stereocenters. The van der Waals surface area contributed by atoms with E-state index in [1.54, 1.807) is 12.1 Å². The van der Waals surface area contributed by atoms with Gasteiger partial charge in [0.15, 0.2) is 0 Å². The van der Waals surface area contributed by atoms with Crippen LogP contribution in [0.4, 0.5) is 8.78 Å². The van der Waals surface area contributed by atoms with Crippen molar-refractivity contribution in [3.8, 4) is 0 Å². The zero-order chi connectivity index (χ0) is 10.7. The SMILES string of the molecule is Cl.N[C@@H](CC(F)F)c1cc(Br)cc(Br)c1. The largest absolute Gasteiger partial charge is 0.324 e. The van der Waals surface area contributed by atoms with Gasteiger partial charge in [0.1, 0.15) is 0 Å². The minimum Gasteiger partial charge on any atom is -0.324 e. The van der Waals surface area contributed by atoms with Gasteiger partial charge in [-0.05, 0) is 23.8 Å². The van der Waals surface area contributed by atoms with Gasteiger partial charge in [-0.15, -0.1) is 12.4 Å². The Bertz CT molecular complexity index is 303. The molecule has 0 bridgehead atoms. The summed E-state index contributed by atoms with van der Waals surface area (Å²) in [6, 6.07) is 4.71. The van der Waals surface area contributed by atoms with Gasteiger partial charge in [-0.1, -0.05) is 31.9 Å². The molecule has 0 spiro atoms. The minimum atomic E-state index is -2.37. The van der Waals surface area contributed by atoms with E-state index >= 15 is 0 Å². The van der Waals surface area contributed by atoms with Gasteiger partial charge >= 0.3 is 0 Å². The van der Waals surface area contributed by atoms with Crippen LogP contribution in [-0.4, -0.2) is 6.43 Å². The van der Waals surface area contributed by atoms with Gasteiger partial charge in [-0.2, -0.15) is 0 Å². The molecular weight excluding hydrogens is 355 g/mol. The molecule has 0 amide bonds. The molecule has 0 fully saturated rings. The quantitative estimate of drug-likeness (QED) is 0.850. The normalized spacial score (nSPS) is 12.4. The van der Waals surface area contributed by atoms with Crippen molar-refractivity contribution in [1.82, 2.24) is 0 Å². The van der Waals surface area contributed by atoms with Crippen LogP contribution in [0.1, 0.15) is 18.0 Å². The van der Waals surface area contributed by atoms with Crippen molar-refractivity contribution >= 4 is 44.3 Å². The van der Waals surface area contributed by atoms with E-state index in [9.17, 15) is 8.78 Å². The highest BCUT2D eigenvalue weighted by Crippen LogP contribution is 2.25. The van der Waals surface area contributed by atoms with Crippen LogP contribution >= 0.6 is 44.3 Å². The van der Waals surface area contributed by atoms with Crippen LogP contribution < -0.4 is 5.73 Å². The molecule has 0 radical (unpaired) electrons. The summed E-state index contributed by atoms with van der Waals surface area (Å²) in [5.74, 6) is 0. The molecule has 1 aromatic carbocycles. The topological polar surface area (TPSA) is 26.0 Å². The van der Waals surface area contributed by atoms with Gasteiger partial charge < -0.3 is 5.73 Å². The Morgan fingerprint density at radius 3 is 2.00 bits per heavy atom. The van der Waals surface area contributed by atoms with E-state index in [4.69, 9.17) is 5.73 Å². The Kier molecular flexibility index (Phi) is 6.91. The maximum absolute atomic E-state index is 12.1. The predicted molar refractivity (Wildman–Crippen MR) is 66.6 cm³/mol. The Morgan fingerprint density at radius 1 is 1.13 bits per heavy atom. The Morgan fingerprint density at radius 2 is 1.60 bits per heavy atom. The maximum Gasteiger partial charge on any atom is 0.240 e. The molecule has 6 heteroatoms. The van der Waals surface area contributed by atoms with Gasteiger partial charge in [0.05, 0.1) is 0 Å². The number of alkyl halides is 2. The molecule has 0 aromatic heterocycles. The first-order chi connectivity index (χ1) is 6.49. The second-order valence-corrected chi connectivity index (χ2v) is 4.77. The molecule has 1 nitrogen and oxygen atoms in total. The number of hydrogen-bond donors (Lipinski definition) is 1. The summed E-state index contributed by atoms with van der Waals surface area (Å²) < 4.78 is 25.8. The van der Waals surface area contributed by atoms with Crippen molar-refractivity contribution in [1.29, 1.82) is 0 Å². The van der Waals surface area contributed by atoms with Crippen molar-refractivity contribution in [2.75, 3.05) is 0 Å². The Balaban J connectivity index is 0.00000196. The van der Waals surface area contributed by atoms with E-state index in [0.717, 1.165) is 8.95 Å². The third-order valence-corrected chi connectivity index (χ3v) is 2.66. The van der Waals surface area contributed by atoms with E-state index in [1.165, 1.54) is 0 Å². The molecule has 0 saturated heterocycles. The lowest BCUT2D eigenvalue weighted by atomic mass is 10.1. The summed E-state index contributed by atoms with van der Waals surface area (Å²) in [7, 11) is 0. The van der Waals surface area contributed by atoms with Gasteiger partial charge in [0, 0.05) is 21.4 Å².